The van der Waals surface area contributed by atoms with Gasteiger partial charge >= 0.3 is 0 Å². The van der Waals surface area contributed by atoms with Crippen molar-refractivity contribution in [3.05, 3.63) is 50.4 Å². The molecule has 0 fully saturated rings. The molecule has 0 N–H and O–H groups in total. The van der Waals surface area contributed by atoms with E-state index in [-0.39, 0.29) is 0 Å². The Morgan fingerprint density at radius 3 is 2.94 bits per heavy atom. The van der Waals surface area contributed by atoms with E-state index in [4.69, 9.17) is 4.98 Å². The quantitative estimate of drug-likeness (QED) is 0.773. The Balaban J connectivity index is 2.11. The van der Waals surface area contributed by atoms with Crippen molar-refractivity contribution in [2.45, 2.75) is 32.6 Å². The summed E-state index contributed by atoms with van der Waals surface area (Å²) >= 11 is 5.27. The van der Waals surface area contributed by atoms with Crippen LogP contribution in [0, 0.1) is 0 Å². The molecule has 90 valence electrons. The van der Waals surface area contributed by atoms with E-state index in [0.29, 0.717) is 5.92 Å². The second-order valence-corrected chi connectivity index (χ2v) is 6.14. The lowest BCUT2D eigenvalue weighted by Crippen LogP contribution is -1.93. The van der Waals surface area contributed by atoms with Crippen LogP contribution in [0.1, 0.15) is 42.5 Å². The number of hydrogen-bond donors (Lipinski definition) is 0. The molecule has 0 spiro atoms. The molecule has 1 aromatic carbocycles. The van der Waals surface area contributed by atoms with Crippen LogP contribution in [-0.4, -0.2) is 4.98 Å². The molecule has 0 saturated heterocycles. The fraction of sp³-hybridized carbons (Fsp3) is 0.357. The Labute approximate surface area is 115 Å². The maximum Gasteiger partial charge on any atom is 0.0972 e. The molecule has 1 heterocycles. The van der Waals surface area contributed by atoms with Gasteiger partial charge in [0.25, 0.3) is 0 Å². The molecule has 0 aliphatic carbocycles. The molecule has 1 nitrogen and oxygen atoms in total. The van der Waals surface area contributed by atoms with Crippen molar-refractivity contribution >= 4 is 27.3 Å². The third-order valence-corrected chi connectivity index (χ3v) is 4.29. The van der Waals surface area contributed by atoms with E-state index in [1.165, 1.54) is 16.3 Å². The van der Waals surface area contributed by atoms with Gasteiger partial charge in [-0.25, -0.2) is 4.98 Å². The molecule has 0 bridgehead atoms. The lowest BCUT2D eigenvalue weighted by molar-refractivity contribution is 0.710. The van der Waals surface area contributed by atoms with Crippen LogP contribution in [0.2, 0.25) is 0 Å². The van der Waals surface area contributed by atoms with Crippen LogP contribution in [0.3, 0.4) is 0 Å². The summed E-state index contributed by atoms with van der Waals surface area (Å²) in [5.74, 6) is 0.572. The lowest BCUT2D eigenvalue weighted by atomic mass is 10.1. The molecule has 0 radical (unpaired) electrons. The zero-order valence-corrected chi connectivity index (χ0v) is 12.5. The largest absolute Gasteiger partial charge is 0.246 e. The summed E-state index contributed by atoms with van der Waals surface area (Å²) in [7, 11) is 0. The highest BCUT2D eigenvalue weighted by Crippen LogP contribution is 2.23. The van der Waals surface area contributed by atoms with E-state index >= 15 is 0 Å². The van der Waals surface area contributed by atoms with Gasteiger partial charge in [-0.15, -0.1) is 11.3 Å². The molecule has 0 aliphatic heterocycles. The molecule has 1 atom stereocenters. The number of benzene rings is 1. The van der Waals surface area contributed by atoms with E-state index in [0.717, 1.165) is 17.3 Å². The Kier molecular flexibility index (Phi) is 4.35. The van der Waals surface area contributed by atoms with Gasteiger partial charge in [-0.2, -0.15) is 0 Å². The molecule has 2 aromatic rings. The SMILES string of the molecule is CCC(C)c1csc(Cc2cccc(Br)c2)n1. The first kappa shape index (κ1) is 12.8. The third-order valence-electron chi connectivity index (χ3n) is 2.93. The van der Waals surface area contributed by atoms with Gasteiger partial charge in [0.1, 0.15) is 0 Å². The molecule has 0 amide bonds. The summed E-state index contributed by atoms with van der Waals surface area (Å²) in [6, 6.07) is 8.43. The van der Waals surface area contributed by atoms with E-state index in [1.54, 1.807) is 11.3 Å². The van der Waals surface area contributed by atoms with Crippen molar-refractivity contribution in [3.63, 3.8) is 0 Å². The maximum atomic E-state index is 4.71. The zero-order valence-electron chi connectivity index (χ0n) is 10.1. The third kappa shape index (κ3) is 3.39. The molecule has 0 aliphatic rings. The highest BCUT2D eigenvalue weighted by molar-refractivity contribution is 9.10. The van der Waals surface area contributed by atoms with Gasteiger partial charge in [-0.1, -0.05) is 41.9 Å². The van der Waals surface area contributed by atoms with Crippen LogP contribution in [0.25, 0.3) is 0 Å². The van der Waals surface area contributed by atoms with E-state index < -0.39 is 0 Å². The number of rotatable bonds is 4. The van der Waals surface area contributed by atoms with Crippen molar-refractivity contribution in [3.8, 4) is 0 Å². The Morgan fingerprint density at radius 2 is 2.24 bits per heavy atom. The number of aromatic nitrogens is 1. The van der Waals surface area contributed by atoms with E-state index in [9.17, 15) is 0 Å². The van der Waals surface area contributed by atoms with Gasteiger partial charge in [0.15, 0.2) is 0 Å². The average molecular weight is 310 g/mol. The monoisotopic (exact) mass is 309 g/mol. The van der Waals surface area contributed by atoms with Crippen LogP contribution < -0.4 is 0 Å². The number of nitrogens with zero attached hydrogens (tertiary/aromatic N) is 1. The zero-order chi connectivity index (χ0) is 12.3. The van der Waals surface area contributed by atoms with Crippen LogP contribution in [0.15, 0.2) is 34.1 Å². The van der Waals surface area contributed by atoms with Gasteiger partial charge in [0, 0.05) is 16.3 Å². The molecular formula is C14H16BrNS. The molecule has 1 unspecified atom stereocenters. The van der Waals surface area contributed by atoms with Gasteiger partial charge in [-0.05, 0) is 30.0 Å². The maximum absolute atomic E-state index is 4.71. The first-order valence-corrected chi connectivity index (χ1v) is 7.55. The topological polar surface area (TPSA) is 12.9 Å². The summed E-state index contributed by atoms with van der Waals surface area (Å²) < 4.78 is 1.13. The fourth-order valence-corrected chi connectivity index (χ4v) is 3.06. The van der Waals surface area contributed by atoms with E-state index in [2.05, 4.69) is 59.4 Å². The molecule has 1 aromatic heterocycles. The Hall–Kier alpha value is -0.670. The van der Waals surface area contributed by atoms with Crippen molar-refractivity contribution in [1.29, 1.82) is 0 Å². The predicted octanol–water partition coefficient (Wildman–Crippen LogP) is 5.01. The summed E-state index contributed by atoms with van der Waals surface area (Å²) in [5, 5.41) is 3.40. The van der Waals surface area contributed by atoms with Crippen LogP contribution in [0.5, 0.6) is 0 Å². The standard InChI is InChI=1S/C14H16BrNS/c1-3-10(2)13-9-17-14(16-13)8-11-5-4-6-12(15)7-11/h4-7,9-10H,3,8H2,1-2H3. The number of halogens is 1. The summed E-state index contributed by atoms with van der Waals surface area (Å²) in [6.45, 7) is 4.44. The van der Waals surface area contributed by atoms with Crippen LogP contribution >= 0.6 is 27.3 Å². The molecular weight excluding hydrogens is 294 g/mol. The average Bonchev–Trinajstić information content (AvgIpc) is 2.76. The Bertz CT molecular complexity index is 492. The Morgan fingerprint density at radius 1 is 1.41 bits per heavy atom. The van der Waals surface area contributed by atoms with Crippen molar-refractivity contribution in [1.82, 2.24) is 4.98 Å². The second kappa shape index (κ2) is 5.78. The smallest absolute Gasteiger partial charge is 0.0972 e. The normalized spacial score (nSPS) is 12.6. The highest BCUT2D eigenvalue weighted by atomic mass is 79.9. The minimum atomic E-state index is 0.572. The second-order valence-electron chi connectivity index (χ2n) is 4.28. The van der Waals surface area contributed by atoms with Gasteiger partial charge in [0.2, 0.25) is 0 Å². The van der Waals surface area contributed by atoms with Gasteiger partial charge in [0.05, 0.1) is 10.7 Å². The highest BCUT2D eigenvalue weighted by Gasteiger charge is 2.08. The minimum absolute atomic E-state index is 0.572. The molecule has 17 heavy (non-hydrogen) atoms. The van der Waals surface area contributed by atoms with Crippen molar-refractivity contribution in [2.75, 3.05) is 0 Å². The predicted molar refractivity (Wildman–Crippen MR) is 77.8 cm³/mol. The van der Waals surface area contributed by atoms with Gasteiger partial charge < -0.3 is 0 Å². The summed E-state index contributed by atoms with van der Waals surface area (Å²) in [6.07, 6.45) is 2.08. The summed E-state index contributed by atoms with van der Waals surface area (Å²) in [4.78, 5) is 4.71. The molecule has 2 rings (SSSR count). The van der Waals surface area contributed by atoms with Crippen LogP contribution in [0.4, 0.5) is 0 Å². The number of hydrogen-bond acceptors (Lipinski definition) is 2. The molecule has 0 saturated carbocycles. The minimum Gasteiger partial charge on any atom is -0.246 e. The van der Waals surface area contributed by atoms with Crippen molar-refractivity contribution in [2.24, 2.45) is 0 Å². The first-order chi connectivity index (χ1) is 8.19. The van der Waals surface area contributed by atoms with E-state index in [1.807, 2.05) is 0 Å². The summed E-state index contributed by atoms with van der Waals surface area (Å²) in [5.41, 5.74) is 2.55. The van der Waals surface area contributed by atoms with Gasteiger partial charge in [-0.3, -0.25) is 0 Å². The lowest BCUT2D eigenvalue weighted by Gasteiger charge is -2.02. The molecule has 3 heteroatoms. The fourth-order valence-electron chi connectivity index (χ4n) is 1.66. The van der Waals surface area contributed by atoms with Crippen LogP contribution in [-0.2, 0) is 6.42 Å². The number of thiazole rings is 1. The van der Waals surface area contributed by atoms with Crippen molar-refractivity contribution < 1.29 is 0 Å². The first-order valence-electron chi connectivity index (χ1n) is 5.87.